The van der Waals surface area contributed by atoms with Gasteiger partial charge in [0, 0.05) is 5.56 Å². The van der Waals surface area contributed by atoms with Gasteiger partial charge in [0.15, 0.2) is 0 Å². The van der Waals surface area contributed by atoms with Crippen LogP contribution < -0.4 is 0 Å². The molecule has 1 atom stereocenters. The third-order valence-electron chi connectivity index (χ3n) is 4.57. The van der Waals surface area contributed by atoms with E-state index in [2.05, 4.69) is 79.1 Å². The molecule has 1 unspecified atom stereocenters. The zero-order valence-corrected chi connectivity index (χ0v) is 14.2. The highest BCUT2D eigenvalue weighted by Gasteiger charge is 2.20. The summed E-state index contributed by atoms with van der Waals surface area (Å²) >= 11 is 0. The van der Waals surface area contributed by atoms with Gasteiger partial charge in [-0.05, 0) is 63.9 Å². The molecule has 0 bridgehead atoms. The highest BCUT2D eigenvalue weighted by molar-refractivity contribution is 5.37. The fraction of sp³-hybridized carbons (Fsp3) is 0.364. The van der Waals surface area contributed by atoms with E-state index >= 15 is 0 Å². The molecule has 0 amide bonds. The largest absolute Gasteiger partial charge is 0.290 e. The van der Waals surface area contributed by atoms with Crippen molar-refractivity contribution < 1.29 is 0 Å². The van der Waals surface area contributed by atoms with E-state index in [9.17, 15) is 0 Å². The Bertz CT molecular complexity index is 679. The van der Waals surface area contributed by atoms with Crippen molar-refractivity contribution in [2.24, 2.45) is 0 Å². The van der Waals surface area contributed by atoms with Crippen LogP contribution in [0.15, 0.2) is 48.5 Å². The van der Waals surface area contributed by atoms with Gasteiger partial charge in [0.1, 0.15) is 0 Å². The zero-order valence-electron chi connectivity index (χ0n) is 14.2. The Hall–Kier alpha value is -2.04. The Morgan fingerprint density at radius 2 is 1.43 bits per heavy atom. The molecular weight excluding hydrogens is 278 g/mol. The van der Waals surface area contributed by atoms with Crippen LogP contribution in [0.4, 0.5) is 0 Å². The fourth-order valence-electron chi connectivity index (χ4n) is 3.08. The molecule has 1 nitrogen and oxygen atoms in total. The van der Waals surface area contributed by atoms with Crippen LogP contribution in [0.5, 0.6) is 0 Å². The summed E-state index contributed by atoms with van der Waals surface area (Å²) in [7, 11) is 0. The van der Waals surface area contributed by atoms with Crippen LogP contribution in [-0.2, 0) is 6.42 Å². The van der Waals surface area contributed by atoms with E-state index < -0.39 is 0 Å². The molecule has 1 heteroatoms. The van der Waals surface area contributed by atoms with Crippen molar-refractivity contribution in [3.05, 3.63) is 70.8 Å². The van der Waals surface area contributed by atoms with Crippen molar-refractivity contribution >= 4 is 0 Å². The average molecular weight is 303 g/mol. The monoisotopic (exact) mass is 303 g/mol. The summed E-state index contributed by atoms with van der Waals surface area (Å²) in [6.45, 7) is 6.61. The molecule has 0 radical (unpaired) electrons. The minimum atomic E-state index is 0.321. The molecule has 0 aliphatic carbocycles. The van der Waals surface area contributed by atoms with Crippen LogP contribution in [0.2, 0.25) is 0 Å². The van der Waals surface area contributed by atoms with E-state index in [0.717, 1.165) is 12.0 Å². The SMILES string of the molecule is Cc1ccc(C#CC(Cc2ccc(C)cc2)N2CCCC2)cc1. The second kappa shape index (κ2) is 7.49. The lowest BCUT2D eigenvalue weighted by atomic mass is 10.0. The van der Waals surface area contributed by atoms with E-state index in [1.807, 2.05) is 0 Å². The number of rotatable bonds is 3. The first-order chi connectivity index (χ1) is 11.2. The lowest BCUT2D eigenvalue weighted by Gasteiger charge is -2.23. The summed E-state index contributed by atoms with van der Waals surface area (Å²) in [4.78, 5) is 2.54. The Morgan fingerprint density at radius 3 is 2.04 bits per heavy atom. The Balaban J connectivity index is 1.78. The molecule has 0 aromatic heterocycles. The number of nitrogens with zero attached hydrogens (tertiary/aromatic N) is 1. The smallest absolute Gasteiger partial charge is 0.0759 e. The molecule has 0 spiro atoms. The molecule has 1 aliphatic rings. The molecule has 3 rings (SSSR count). The van der Waals surface area contributed by atoms with Crippen LogP contribution in [0.25, 0.3) is 0 Å². The normalized spacial score (nSPS) is 15.9. The average Bonchev–Trinajstić information content (AvgIpc) is 3.09. The first kappa shape index (κ1) is 15.8. The molecule has 1 aliphatic heterocycles. The van der Waals surface area contributed by atoms with E-state index in [-0.39, 0.29) is 0 Å². The van der Waals surface area contributed by atoms with E-state index in [1.165, 1.54) is 42.6 Å². The van der Waals surface area contributed by atoms with Gasteiger partial charge in [-0.3, -0.25) is 4.90 Å². The van der Waals surface area contributed by atoms with Crippen molar-refractivity contribution in [3.63, 3.8) is 0 Å². The number of benzene rings is 2. The predicted molar refractivity (Wildman–Crippen MR) is 97.5 cm³/mol. The number of hydrogen-bond acceptors (Lipinski definition) is 1. The van der Waals surface area contributed by atoms with Crippen LogP contribution in [-0.4, -0.2) is 24.0 Å². The number of hydrogen-bond donors (Lipinski definition) is 0. The summed E-state index contributed by atoms with van der Waals surface area (Å²) in [5.41, 5.74) is 5.10. The van der Waals surface area contributed by atoms with E-state index in [0.29, 0.717) is 6.04 Å². The maximum Gasteiger partial charge on any atom is 0.0759 e. The molecule has 118 valence electrons. The third-order valence-corrected chi connectivity index (χ3v) is 4.57. The summed E-state index contributed by atoms with van der Waals surface area (Å²) in [6.07, 6.45) is 3.62. The van der Waals surface area contributed by atoms with Crippen LogP contribution >= 0.6 is 0 Å². The molecular formula is C22H25N. The van der Waals surface area contributed by atoms with E-state index in [4.69, 9.17) is 0 Å². The molecule has 1 saturated heterocycles. The van der Waals surface area contributed by atoms with Gasteiger partial charge in [-0.1, -0.05) is 59.4 Å². The second-order valence-electron chi connectivity index (χ2n) is 6.58. The predicted octanol–water partition coefficient (Wildman–Crippen LogP) is 4.36. The number of aryl methyl sites for hydroxylation is 2. The molecule has 2 aromatic rings. The molecule has 1 heterocycles. The van der Waals surface area contributed by atoms with Gasteiger partial charge in [0.2, 0.25) is 0 Å². The fourth-order valence-corrected chi connectivity index (χ4v) is 3.08. The van der Waals surface area contributed by atoms with Crippen molar-refractivity contribution in [3.8, 4) is 11.8 Å². The van der Waals surface area contributed by atoms with Crippen LogP contribution in [0.1, 0.15) is 35.1 Å². The summed E-state index contributed by atoms with van der Waals surface area (Å²) in [5, 5.41) is 0. The summed E-state index contributed by atoms with van der Waals surface area (Å²) in [5.74, 6) is 6.93. The topological polar surface area (TPSA) is 3.24 Å². The Labute approximate surface area is 140 Å². The van der Waals surface area contributed by atoms with Crippen molar-refractivity contribution in [1.29, 1.82) is 0 Å². The molecule has 2 aromatic carbocycles. The minimum Gasteiger partial charge on any atom is -0.290 e. The quantitative estimate of drug-likeness (QED) is 0.761. The highest BCUT2D eigenvalue weighted by atomic mass is 15.2. The zero-order chi connectivity index (χ0) is 16.1. The van der Waals surface area contributed by atoms with Crippen LogP contribution in [0.3, 0.4) is 0 Å². The third kappa shape index (κ3) is 4.47. The van der Waals surface area contributed by atoms with Gasteiger partial charge >= 0.3 is 0 Å². The van der Waals surface area contributed by atoms with Gasteiger partial charge in [0.25, 0.3) is 0 Å². The van der Waals surface area contributed by atoms with Crippen molar-refractivity contribution in [2.75, 3.05) is 13.1 Å². The summed E-state index contributed by atoms with van der Waals surface area (Å²) in [6, 6.07) is 17.7. The standard InChI is InChI=1S/C22H25N/c1-18-5-9-20(10-6-18)13-14-22(23-15-3-4-16-23)17-21-11-7-19(2)8-12-21/h5-12,22H,3-4,15-17H2,1-2H3. The Morgan fingerprint density at radius 1 is 0.870 bits per heavy atom. The Kier molecular flexibility index (Phi) is 5.16. The van der Waals surface area contributed by atoms with Crippen molar-refractivity contribution in [1.82, 2.24) is 4.90 Å². The van der Waals surface area contributed by atoms with Crippen molar-refractivity contribution in [2.45, 2.75) is 39.2 Å². The van der Waals surface area contributed by atoms with Gasteiger partial charge in [-0.2, -0.15) is 0 Å². The lowest BCUT2D eigenvalue weighted by Crippen LogP contribution is -2.33. The maximum absolute atomic E-state index is 3.54. The first-order valence-corrected chi connectivity index (χ1v) is 8.58. The lowest BCUT2D eigenvalue weighted by molar-refractivity contribution is 0.290. The first-order valence-electron chi connectivity index (χ1n) is 8.58. The summed E-state index contributed by atoms with van der Waals surface area (Å²) < 4.78 is 0. The van der Waals surface area contributed by atoms with Gasteiger partial charge in [0.05, 0.1) is 6.04 Å². The molecule has 23 heavy (non-hydrogen) atoms. The van der Waals surface area contributed by atoms with Crippen LogP contribution in [0, 0.1) is 25.7 Å². The molecule has 1 fully saturated rings. The highest BCUT2D eigenvalue weighted by Crippen LogP contribution is 2.16. The van der Waals surface area contributed by atoms with Gasteiger partial charge in [-0.25, -0.2) is 0 Å². The second-order valence-corrected chi connectivity index (χ2v) is 6.58. The minimum absolute atomic E-state index is 0.321. The van der Waals surface area contributed by atoms with Gasteiger partial charge < -0.3 is 0 Å². The van der Waals surface area contributed by atoms with Gasteiger partial charge in [-0.15, -0.1) is 0 Å². The van der Waals surface area contributed by atoms with E-state index in [1.54, 1.807) is 0 Å². The number of likely N-dealkylation sites (tertiary alicyclic amines) is 1. The molecule has 0 saturated carbocycles. The maximum atomic E-state index is 3.54. The molecule has 0 N–H and O–H groups in total.